The van der Waals surface area contributed by atoms with Gasteiger partial charge in [0, 0.05) is 30.4 Å². The lowest BCUT2D eigenvalue weighted by atomic mass is 10.2. The number of carbonyl (C=O) groups is 1. The predicted octanol–water partition coefficient (Wildman–Crippen LogP) is 2.39. The number of benzene rings is 1. The second kappa shape index (κ2) is 3.81. The molecule has 2 aliphatic rings. The Labute approximate surface area is 95.4 Å². The molecule has 0 radical (unpaired) electrons. The van der Waals surface area contributed by atoms with Gasteiger partial charge in [-0.05, 0) is 37.5 Å². The summed E-state index contributed by atoms with van der Waals surface area (Å²) in [7, 11) is 0. The Morgan fingerprint density at radius 1 is 1.31 bits per heavy atom. The molecule has 1 aliphatic carbocycles. The van der Waals surface area contributed by atoms with Crippen molar-refractivity contribution < 1.29 is 4.79 Å². The van der Waals surface area contributed by atoms with Crippen LogP contribution in [0.3, 0.4) is 0 Å². The number of nitrogens with one attached hydrogen (secondary N) is 1. The zero-order valence-corrected chi connectivity index (χ0v) is 9.28. The third kappa shape index (κ3) is 1.90. The fourth-order valence-corrected chi connectivity index (χ4v) is 2.15. The maximum absolute atomic E-state index is 11.6. The van der Waals surface area contributed by atoms with Crippen LogP contribution in [0.2, 0.25) is 0 Å². The SMILES string of the molecule is O=C1CCCN1c1cccc(NC2CC2)c1. The third-order valence-corrected chi connectivity index (χ3v) is 3.18. The van der Waals surface area contributed by atoms with E-state index in [1.54, 1.807) is 0 Å². The van der Waals surface area contributed by atoms with Crippen molar-refractivity contribution in [3.8, 4) is 0 Å². The van der Waals surface area contributed by atoms with Gasteiger partial charge in [-0.15, -0.1) is 0 Å². The largest absolute Gasteiger partial charge is 0.382 e. The minimum Gasteiger partial charge on any atom is -0.382 e. The molecule has 1 aromatic carbocycles. The van der Waals surface area contributed by atoms with Crippen molar-refractivity contribution in [2.24, 2.45) is 0 Å². The second-order valence-corrected chi connectivity index (χ2v) is 4.62. The van der Waals surface area contributed by atoms with Crippen LogP contribution in [-0.4, -0.2) is 18.5 Å². The van der Waals surface area contributed by atoms with Gasteiger partial charge in [0.05, 0.1) is 0 Å². The van der Waals surface area contributed by atoms with Crippen molar-refractivity contribution in [3.63, 3.8) is 0 Å². The van der Waals surface area contributed by atoms with Gasteiger partial charge in [-0.3, -0.25) is 4.79 Å². The van der Waals surface area contributed by atoms with E-state index in [1.165, 1.54) is 12.8 Å². The Hall–Kier alpha value is -1.51. The summed E-state index contributed by atoms with van der Waals surface area (Å²) in [5, 5.41) is 3.46. The molecular weight excluding hydrogens is 200 g/mol. The van der Waals surface area contributed by atoms with Gasteiger partial charge >= 0.3 is 0 Å². The fraction of sp³-hybridized carbons (Fsp3) is 0.462. The molecule has 2 fully saturated rings. The van der Waals surface area contributed by atoms with Gasteiger partial charge in [0.2, 0.25) is 5.91 Å². The average Bonchev–Trinajstić information content (AvgIpc) is 2.99. The highest BCUT2D eigenvalue weighted by Crippen LogP contribution is 2.28. The van der Waals surface area contributed by atoms with Crippen LogP contribution in [0.4, 0.5) is 11.4 Å². The van der Waals surface area contributed by atoms with Crippen LogP contribution in [0.5, 0.6) is 0 Å². The summed E-state index contributed by atoms with van der Waals surface area (Å²) in [5.74, 6) is 0.253. The van der Waals surface area contributed by atoms with E-state index < -0.39 is 0 Å². The number of nitrogens with zero attached hydrogens (tertiary/aromatic N) is 1. The highest BCUT2D eigenvalue weighted by molar-refractivity contribution is 5.95. The Morgan fingerprint density at radius 3 is 2.88 bits per heavy atom. The quantitative estimate of drug-likeness (QED) is 0.841. The highest BCUT2D eigenvalue weighted by Gasteiger charge is 2.23. The summed E-state index contributed by atoms with van der Waals surface area (Å²) in [6.45, 7) is 0.867. The average molecular weight is 216 g/mol. The summed E-state index contributed by atoms with van der Waals surface area (Å²) in [6, 6.07) is 8.85. The first-order chi connectivity index (χ1) is 7.83. The fourth-order valence-electron chi connectivity index (χ4n) is 2.15. The van der Waals surface area contributed by atoms with Crippen molar-refractivity contribution in [3.05, 3.63) is 24.3 Å². The molecule has 0 atom stereocenters. The predicted molar refractivity (Wildman–Crippen MR) is 64.7 cm³/mol. The van der Waals surface area contributed by atoms with Crippen LogP contribution < -0.4 is 10.2 Å². The van der Waals surface area contributed by atoms with Crippen molar-refractivity contribution in [1.82, 2.24) is 0 Å². The first-order valence-corrected chi connectivity index (χ1v) is 6.00. The van der Waals surface area contributed by atoms with Gasteiger partial charge in [0.25, 0.3) is 0 Å². The minimum absolute atomic E-state index is 0.253. The zero-order valence-electron chi connectivity index (χ0n) is 9.28. The topological polar surface area (TPSA) is 32.3 Å². The van der Waals surface area contributed by atoms with Crippen LogP contribution in [0.15, 0.2) is 24.3 Å². The molecule has 0 unspecified atom stereocenters. The van der Waals surface area contributed by atoms with Crippen LogP contribution in [-0.2, 0) is 4.79 Å². The van der Waals surface area contributed by atoms with Crippen LogP contribution in [0.1, 0.15) is 25.7 Å². The molecule has 1 aliphatic heterocycles. The maximum atomic E-state index is 11.6. The smallest absolute Gasteiger partial charge is 0.227 e. The molecular formula is C13H16N2O. The normalized spacial score (nSPS) is 20.2. The van der Waals surface area contributed by atoms with Gasteiger partial charge in [0.15, 0.2) is 0 Å². The van der Waals surface area contributed by atoms with Gasteiger partial charge in [0.1, 0.15) is 0 Å². The van der Waals surface area contributed by atoms with Gasteiger partial charge in [-0.2, -0.15) is 0 Å². The molecule has 16 heavy (non-hydrogen) atoms. The lowest BCUT2D eigenvalue weighted by Gasteiger charge is -2.16. The molecule has 1 amide bonds. The molecule has 1 saturated heterocycles. The van der Waals surface area contributed by atoms with Crippen LogP contribution >= 0.6 is 0 Å². The Morgan fingerprint density at radius 2 is 2.19 bits per heavy atom. The molecule has 3 heteroatoms. The lowest BCUT2D eigenvalue weighted by molar-refractivity contribution is -0.117. The zero-order chi connectivity index (χ0) is 11.0. The molecule has 0 spiro atoms. The summed E-state index contributed by atoms with van der Waals surface area (Å²) in [6.07, 6.45) is 4.22. The summed E-state index contributed by atoms with van der Waals surface area (Å²) >= 11 is 0. The highest BCUT2D eigenvalue weighted by atomic mass is 16.2. The monoisotopic (exact) mass is 216 g/mol. The number of hydrogen-bond acceptors (Lipinski definition) is 2. The number of rotatable bonds is 3. The van der Waals surface area contributed by atoms with Gasteiger partial charge in [-0.25, -0.2) is 0 Å². The van der Waals surface area contributed by atoms with E-state index in [2.05, 4.69) is 17.4 Å². The molecule has 1 N–H and O–H groups in total. The van der Waals surface area contributed by atoms with Crippen LogP contribution in [0, 0.1) is 0 Å². The number of amides is 1. The number of anilines is 2. The van der Waals surface area contributed by atoms with E-state index >= 15 is 0 Å². The van der Waals surface area contributed by atoms with Crippen LogP contribution in [0.25, 0.3) is 0 Å². The second-order valence-electron chi connectivity index (χ2n) is 4.62. The first-order valence-electron chi connectivity index (χ1n) is 6.00. The molecule has 3 rings (SSSR count). The Balaban J connectivity index is 1.80. The van der Waals surface area contributed by atoms with Crippen molar-refractivity contribution in [2.45, 2.75) is 31.7 Å². The van der Waals surface area contributed by atoms with E-state index in [9.17, 15) is 4.79 Å². The molecule has 0 aromatic heterocycles. The van der Waals surface area contributed by atoms with Crippen molar-refractivity contribution in [2.75, 3.05) is 16.8 Å². The maximum Gasteiger partial charge on any atom is 0.227 e. The molecule has 1 aromatic rings. The van der Waals surface area contributed by atoms with E-state index in [1.807, 2.05) is 17.0 Å². The molecule has 1 heterocycles. The summed E-state index contributed by atoms with van der Waals surface area (Å²) < 4.78 is 0. The lowest BCUT2D eigenvalue weighted by Crippen LogP contribution is -2.23. The molecule has 0 bridgehead atoms. The van der Waals surface area contributed by atoms with Crippen molar-refractivity contribution >= 4 is 17.3 Å². The first kappa shape index (κ1) is 9.70. The van der Waals surface area contributed by atoms with Gasteiger partial charge in [-0.1, -0.05) is 6.07 Å². The Bertz CT molecular complexity index is 412. The van der Waals surface area contributed by atoms with Gasteiger partial charge < -0.3 is 10.2 Å². The Kier molecular flexibility index (Phi) is 2.31. The third-order valence-electron chi connectivity index (χ3n) is 3.18. The number of hydrogen-bond donors (Lipinski definition) is 1. The summed E-state index contributed by atoms with van der Waals surface area (Å²) in [4.78, 5) is 13.5. The van der Waals surface area contributed by atoms with Crippen molar-refractivity contribution in [1.29, 1.82) is 0 Å². The summed E-state index contributed by atoms with van der Waals surface area (Å²) in [5.41, 5.74) is 2.17. The molecule has 1 saturated carbocycles. The molecule has 84 valence electrons. The minimum atomic E-state index is 0.253. The molecule has 3 nitrogen and oxygen atoms in total. The van der Waals surface area contributed by atoms with E-state index in [0.29, 0.717) is 12.5 Å². The van der Waals surface area contributed by atoms with E-state index in [4.69, 9.17) is 0 Å². The standard InChI is InChI=1S/C13H16N2O/c16-13-5-2-8-15(13)12-4-1-3-11(9-12)14-10-6-7-10/h1,3-4,9-10,14H,2,5-8H2. The number of carbonyl (C=O) groups excluding carboxylic acids is 1. The van der Waals surface area contributed by atoms with E-state index in [-0.39, 0.29) is 5.91 Å². The van der Waals surface area contributed by atoms with E-state index in [0.717, 1.165) is 24.3 Å².